The number of nitrogen functional groups attached to an aromatic ring is 1. The molecule has 0 spiro atoms. The maximum atomic E-state index is 11.6. The fourth-order valence-corrected chi connectivity index (χ4v) is 2.16. The monoisotopic (exact) mass is 310 g/mol. The number of hydrogen-bond donors (Lipinski definition) is 2. The fourth-order valence-electron chi connectivity index (χ4n) is 2.16. The molecular weight excluding hydrogens is 288 g/mol. The summed E-state index contributed by atoms with van der Waals surface area (Å²) >= 11 is 0. The lowest BCUT2D eigenvalue weighted by atomic mass is 10.1. The van der Waals surface area contributed by atoms with Crippen molar-refractivity contribution in [3.8, 4) is 0 Å². The third kappa shape index (κ3) is 5.51. The van der Waals surface area contributed by atoms with Crippen molar-refractivity contribution in [2.75, 3.05) is 12.3 Å². The number of nitrogens with two attached hydrogens (primary N) is 1. The lowest BCUT2D eigenvalue weighted by Gasteiger charge is -2.06. The number of nitrogens with one attached hydrogen (secondary N) is 1. The summed E-state index contributed by atoms with van der Waals surface area (Å²) in [7, 11) is 0. The predicted octanol–water partition coefficient (Wildman–Crippen LogP) is 3.91. The molecule has 3 N–H and O–H groups in total. The average Bonchev–Trinajstić information content (AvgIpc) is 2.56. The summed E-state index contributed by atoms with van der Waals surface area (Å²) in [4.78, 5) is 11.6. The van der Waals surface area contributed by atoms with Crippen LogP contribution < -0.4 is 11.1 Å². The summed E-state index contributed by atoms with van der Waals surface area (Å²) in [5.74, 6) is 0. The molecule has 2 rings (SSSR count). The third-order valence-electron chi connectivity index (χ3n) is 3.44. The molecule has 0 aliphatic rings. The van der Waals surface area contributed by atoms with Gasteiger partial charge in [-0.2, -0.15) is 0 Å². The summed E-state index contributed by atoms with van der Waals surface area (Å²) in [6, 6.07) is 15.4. The molecule has 0 fully saturated rings. The second-order valence-corrected chi connectivity index (χ2v) is 5.26. The van der Waals surface area contributed by atoms with Crippen LogP contribution in [-0.4, -0.2) is 12.6 Å². The van der Waals surface area contributed by atoms with Crippen molar-refractivity contribution in [1.29, 1.82) is 0 Å². The fraction of sp³-hybridized carbons (Fsp3) is 0.211. The van der Waals surface area contributed by atoms with Crippen LogP contribution in [0.5, 0.6) is 0 Å². The highest BCUT2D eigenvalue weighted by Crippen LogP contribution is 2.17. The molecule has 0 saturated heterocycles. The Bertz CT molecular complexity index is 646. The van der Waals surface area contributed by atoms with E-state index >= 15 is 0 Å². The summed E-state index contributed by atoms with van der Waals surface area (Å²) in [6.07, 6.45) is 4.30. The molecule has 0 bridgehead atoms. The van der Waals surface area contributed by atoms with Crippen molar-refractivity contribution in [2.24, 2.45) is 0 Å². The predicted molar refractivity (Wildman–Crippen MR) is 93.9 cm³/mol. The zero-order valence-electron chi connectivity index (χ0n) is 13.3. The van der Waals surface area contributed by atoms with E-state index in [1.807, 2.05) is 67.6 Å². The van der Waals surface area contributed by atoms with Gasteiger partial charge in [0.2, 0.25) is 0 Å². The molecule has 1 amide bonds. The molecule has 0 heterocycles. The van der Waals surface area contributed by atoms with E-state index < -0.39 is 6.09 Å². The van der Waals surface area contributed by atoms with E-state index in [0.29, 0.717) is 13.0 Å². The van der Waals surface area contributed by atoms with Gasteiger partial charge in [0.25, 0.3) is 0 Å². The van der Waals surface area contributed by atoms with Gasteiger partial charge >= 0.3 is 6.09 Å². The van der Waals surface area contributed by atoms with Gasteiger partial charge in [-0.3, -0.25) is 0 Å². The Kier molecular flexibility index (Phi) is 6.24. The molecule has 0 saturated carbocycles. The van der Waals surface area contributed by atoms with Gasteiger partial charge in [-0.1, -0.05) is 54.6 Å². The number of ether oxygens (including phenoxy) is 1. The Morgan fingerprint density at radius 2 is 1.96 bits per heavy atom. The van der Waals surface area contributed by atoms with Crippen molar-refractivity contribution in [1.82, 2.24) is 5.32 Å². The number of amides is 1. The first-order valence-corrected chi connectivity index (χ1v) is 7.63. The second kappa shape index (κ2) is 8.63. The molecule has 2 aromatic rings. The maximum Gasteiger partial charge on any atom is 0.407 e. The molecule has 0 aromatic heterocycles. The highest BCUT2D eigenvalue weighted by molar-refractivity contribution is 5.68. The van der Waals surface area contributed by atoms with Crippen LogP contribution in [0.3, 0.4) is 0 Å². The van der Waals surface area contributed by atoms with Crippen molar-refractivity contribution >= 4 is 17.9 Å². The van der Waals surface area contributed by atoms with Crippen molar-refractivity contribution in [3.63, 3.8) is 0 Å². The van der Waals surface area contributed by atoms with Gasteiger partial charge in [0.15, 0.2) is 0 Å². The first kappa shape index (κ1) is 16.6. The number of aryl methyl sites for hydroxylation is 1. The summed E-state index contributed by atoms with van der Waals surface area (Å²) < 4.78 is 5.14. The largest absolute Gasteiger partial charge is 0.445 e. The highest BCUT2D eigenvalue weighted by Gasteiger charge is 2.01. The Labute approximate surface area is 137 Å². The van der Waals surface area contributed by atoms with E-state index in [1.165, 1.54) is 0 Å². The van der Waals surface area contributed by atoms with Gasteiger partial charge in [-0.05, 0) is 36.1 Å². The number of alkyl carbamates (subject to hydrolysis) is 1. The minimum Gasteiger partial charge on any atom is -0.445 e. The number of carbonyl (C=O) groups excluding carboxylic acids is 1. The van der Waals surface area contributed by atoms with E-state index in [2.05, 4.69) is 5.32 Å². The van der Waals surface area contributed by atoms with Gasteiger partial charge in [-0.15, -0.1) is 0 Å². The maximum absolute atomic E-state index is 11.6. The first-order chi connectivity index (χ1) is 11.2. The Hall–Kier alpha value is -2.75. The standard InChI is InChI=1S/C19H22N2O2/c1-15-8-7-12-18(20)17(15)11-5-6-13-21-19(22)23-14-16-9-3-2-4-10-16/h2-5,7-12H,6,13-14,20H2,1H3,(H,21,22). The number of hydrogen-bond acceptors (Lipinski definition) is 3. The summed E-state index contributed by atoms with van der Waals surface area (Å²) in [5.41, 5.74) is 9.83. The van der Waals surface area contributed by atoms with E-state index in [1.54, 1.807) is 0 Å². The lowest BCUT2D eigenvalue weighted by Crippen LogP contribution is -2.24. The molecule has 0 aliphatic carbocycles. The van der Waals surface area contributed by atoms with Crippen LogP contribution >= 0.6 is 0 Å². The first-order valence-electron chi connectivity index (χ1n) is 7.63. The number of benzene rings is 2. The lowest BCUT2D eigenvalue weighted by molar-refractivity contribution is 0.140. The third-order valence-corrected chi connectivity index (χ3v) is 3.44. The van der Waals surface area contributed by atoms with Crippen molar-refractivity contribution < 1.29 is 9.53 Å². The smallest absolute Gasteiger partial charge is 0.407 e. The molecule has 0 radical (unpaired) electrons. The minimum atomic E-state index is -0.405. The Balaban J connectivity index is 1.69. The molecule has 0 aliphatic heterocycles. The normalized spacial score (nSPS) is 10.7. The van der Waals surface area contributed by atoms with Crippen LogP contribution in [0.25, 0.3) is 6.08 Å². The van der Waals surface area contributed by atoms with Gasteiger partial charge in [-0.25, -0.2) is 4.79 Å². The molecule has 4 nitrogen and oxygen atoms in total. The Morgan fingerprint density at radius 1 is 1.17 bits per heavy atom. The van der Waals surface area contributed by atoms with E-state index in [0.717, 1.165) is 22.4 Å². The minimum absolute atomic E-state index is 0.280. The second-order valence-electron chi connectivity index (χ2n) is 5.26. The summed E-state index contributed by atoms with van der Waals surface area (Å²) in [6.45, 7) is 2.83. The molecule has 0 atom stereocenters. The van der Waals surface area contributed by atoms with Crippen molar-refractivity contribution in [2.45, 2.75) is 20.0 Å². The number of anilines is 1. The van der Waals surface area contributed by atoms with Gasteiger partial charge < -0.3 is 15.8 Å². The van der Waals surface area contributed by atoms with Crippen LogP contribution in [0.2, 0.25) is 0 Å². The van der Waals surface area contributed by atoms with Crippen LogP contribution in [0, 0.1) is 6.92 Å². The quantitative estimate of drug-likeness (QED) is 0.628. The van der Waals surface area contributed by atoms with E-state index in [9.17, 15) is 4.79 Å². The van der Waals surface area contributed by atoms with Crippen molar-refractivity contribution in [3.05, 3.63) is 71.3 Å². The molecule has 120 valence electrons. The van der Waals surface area contributed by atoms with Gasteiger partial charge in [0, 0.05) is 12.2 Å². The highest BCUT2D eigenvalue weighted by atomic mass is 16.5. The van der Waals surface area contributed by atoms with Gasteiger partial charge in [0.1, 0.15) is 6.61 Å². The zero-order valence-corrected chi connectivity index (χ0v) is 13.3. The van der Waals surface area contributed by atoms with E-state index in [4.69, 9.17) is 10.5 Å². The van der Waals surface area contributed by atoms with Crippen LogP contribution in [0.1, 0.15) is 23.1 Å². The van der Waals surface area contributed by atoms with E-state index in [-0.39, 0.29) is 6.61 Å². The molecule has 0 unspecified atom stereocenters. The van der Waals surface area contributed by atoms with Crippen LogP contribution in [-0.2, 0) is 11.3 Å². The molecule has 2 aromatic carbocycles. The van der Waals surface area contributed by atoms with Gasteiger partial charge in [0.05, 0.1) is 0 Å². The van der Waals surface area contributed by atoms with Crippen LogP contribution in [0.15, 0.2) is 54.6 Å². The molecule has 4 heteroatoms. The summed E-state index contributed by atoms with van der Waals surface area (Å²) in [5, 5.41) is 2.72. The zero-order chi connectivity index (χ0) is 16.5. The molecule has 23 heavy (non-hydrogen) atoms. The topological polar surface area (TPSA) is 64.3 Å². The van der Waals surface area contributed by atoms with Crippen LogP contribution in [0.4, 0.5) is 10.5 Å². The number of carbonyl (C=O) groups is 1. The SMILES string of the molecule is Cc1cccc(N)c1C=CCCNC(=O)OCc1ccccc1. The Morgan fingerprint density at radius 3 is 2.70 bits per heavy atom. The molecular formula is C19H22N2O2. The number of rotatable bonds is 6. The average molecular weight is 310 g/mol.